The number of hydrazone groups is 1. The van der Waals surface area contributed by atoms with Gasteiger partial charge in [0.15, 0.2) is 0 Å². The monoisotopic (exact) mass is 504 g/mol. The Morgan fingerprint density at radius 1 is 1.09 bits per heavy atom. The van der Waals surface area contributed by atoms with E-state index in [0.29, 0.717) is 47.0 Å². The van der Waals surface area contributed by atoms with E-state index in [2.05, 4.69) is 15.1 Å². The Labute approximate surface area is 202 Å². The van der Waals surface area contributed by atoms with Gasteiger partial charge < -0.3 is 10.4 Å². The first-order valence-corrected chi connectivity index (χ1v) is 13.6. The molecule has 1 atom stereocenters. The summed E-state index contributed by atoms with van der Waals surface area (Å²) >= 11 is 0. The van der Waals surface area contributed by atoms with Crippen LogP contribution in [-0.2, 0) is 20.6 Å². The quantitative estimate of drug-likeness (QED) is 0.449. The molecule has 0 radical (unpaired) electrons. The summed E-state index contributed by atoms with van der Waals surface area (Å²) in [6, 6.07) is 13.0. The maximum Gasteiger partial charge on any atom is 0.345 e. The molecule has 0 saturated heterocycles. The van der Waals surface area contributed by atoms with E-state index in [1.165, 1.54) is 6.07 Å². The van der Waals surface area contributed by atoms with Crippen LogP contribution in [0.1, 0.15) is 32.8 Å². The molecule has 2 aromatic rings. The molecule has 0 aliphatic carbocycles. The molecule has 182 valence electrons. The lowest BCUT2D eigenvalue weighted by Crippen LogP contribution is -2.39. The summed E-state index contributed by atoms with van der Waals surface area (Å²) in [4.78, 5) is 24.0. The number of carbonyl (C=O) groups is 2. The minimum absolute atomic E-state index is 0.00486. The normalized spacial score (nSPS) is 15.7. The molecule has 9 nitrogen and oxygen atoms in total. The van der Waals surface area contributed by atoms with Crippen molar-refractivity contribution >= 4 is 43.3 Å². The standard InChI is InChI=1S/C23H28N4O5S2/c1-4-14-24-23(30)26-34(31,32)20-9-7-6-8-19(20)18-12-10-17(11-13-18)15-33-21(22(28)29)16(3)25-27(33)5-2/h6-13H,4-5,14-15H2,1-3H3,(H,28,29)(H2,24,26,30). The van der Waals surface area contributed by atoms with E-state index < -0.39 is 32.7 Å². The van der Waals surface area contributed by atoms with Crippen LogP contribution >= 0.6 is 10.7 Å². The van der Waals surface area contributed by atoms with Gasteiger partial charge in [0, 0.05) is 24.4 Å². The van der Waals surface area contributed by atoms with Crippen molar-refractivity contribution in [2.45, 2.75) is 37.8 Å². The minimum atomic E-state index is -4.08. The maximum atomic E-state index is 12.8. The highest BCUT2D eigenvalue weighted by molar-refractivity contribution is 8.15. The van der Waals surface area contributed by atoms with Crippen molar-refractivity contribution in [1.82, 2.24) is 14.5 Å². The van der Waals surface area contributed by atoms with Crippen molar-refractivity contribution in [3.05, 3.63) is 54.1 Å². The van der Waals surface area contributed by atoms with Gasteiger partial charge in [-0.25, -0.2) is 27.1 Å². The van der Waals surface area contributed by atoms with Crippen LogP contribution in [0.25, 0.3) is 11.1 Å². The second-order valence-electron chi connectivity index (χ2n) is 7.55. The van der Waals surface area contributed by atoms with Crippen LogP contribution < -0.4 is 10.0 Å². The molecule has 3 rings (SSSR count). The molecule has 34 heavy (non-hydrogen) atoms. The lowest BCUT2D eigenvalue weighted by Gasteiger charge is -2.18. The molecular formula is C23H28N4O5S2. The second-order valence-corrected chi connectivity index (χ2v) is 11.1. The van der Waals surface area contributed by atoms with Crippen molar-refractivity contribution in [2.75, 3.05) is 13.1 Å². The van der Waals surface area contributed by atoms with Gasteiger partial charge in [-0.3, -0.25) is 0 Å². The lowest BCUT2D eigenvalue weighted by molar-refractivity contribution is -0.128. The zero-order chi connectivity index (χ0) is 24.9. The van der Waals surface area contributed by atoms with Crippen molar-refractivity contribution in [2.24, 2.45) is 5.10 Å². The van der Waals surface area contributed by atoms with Gasteiger partial charge in [0.2, 0.25) is 0 Å². The summed E-state index contributed by atoms with van der Waals surface area (Å²) in [7, 11) is -4.78. The summed E-state index contributed by atoms with van der Waals surface area (Å²) in [6.07, 6.45) is 0.686. The third-order valence-corrected chi connectivity index (χ3v) is 8.84. The van der Waals surface area contributed by atoms with E-state index in [1.807, 2.05) is 26.0 Å². The Hall–Kier alpha value is -3.18. The van der Waals surface area contributed by atoms with Crippen LogP contribution in [0.15, 0.2) is 58.5 Å². The van der Waals surface area contributed by atoms with Gasteiger partial charge >= 0.3 is 12.0 Å². The molecule has 2 aromatic carbocycles. The summed E-state index contributed by atoms with van der Waals surface area (Å²) in [6.45, 7) is 6.47. The number of carbonyl (C=O) groups excluding carboxylic acids is 1. The molecule has 11 heteroatoms. The third-order valence-electron chi connectivity index (χ3n) is 5.05. The van der Waals surface area contributed by atoms with E-state index in [4.69, 9.17) is 0 Å². The van der Waals surface area contributed by atoms with Crippen LogP contribution in [-0.4, -0.2) is 53.6 Å². The van der Waals surface area contributed by atoms with Gasteiger partial charge in [-0.1, -0.05) is 60.1 Å². The van der Waals surface area contributed by atoms with Crippen LogP contribution in [0.2, 0.25) is 0 Å². The number of hydrogen-bond donors (Lipinski definition) is 3. The highest BCUT2D eigenvalue weighted by Crippen LogP contribution is 2.34. The van der Waals surface area contributed by atoms with Crippen molar-refractivity contribution in [1.29, 1.82) is 0 Å². The zero-order valence-electron chi connectivity index (χ0n) is 19.2. The molecular weight excluding hydrogens is 476 g/mol. The van der Waals surface area contributed by atoms with Gasteiger partial charge in [0.05, 0.1) is 10.6 Å². The number of urea groups is 1. The molecule has 1 heterocycles. The van der Waals surface area contributed by atoms with Gasteiger partial charge in [0.25, 0.3) is 10.0 Å². The van der Waals surface area contributed by atoms with Gasteiger partial charge in [0.1, 0.15) is 4.86 Å². The molecule has 1 aliphatic rings. The number of hydrogen-bond acceptors (Lipinski definition) is 6. The molecule has 0 spiro atoms. The number of nitrogens with one attached hydrogen (secondary N) is 2. The number of aliphatic carboxylic acids is 1. The molecule has 1 unspecified atom stereocenters. The fourth-order valence-electron chi connectivity index (χ4n) is 3.50. The smallest absolute Gasteiger partial charge is 0.345 e. The fourth-order valence-corrected chi connectivity index (χ4v) is 6.78. The summed E-state index contributed by atoms with van der Waals surface area (Å²) < 4.78 is 29.5. The number of carboxylic acids is 1. The summed E-state index contributed by atoms with van der Waals surface area (Å²) in [5.74, 6) is -0.484. The SMILES string of the molecule is CCCNC(=O)NS(=O)(=O)c1ccccc1-c1ccc(CS2=C(C(=O)O)C(C)=NN2CC)cc1. The number of sulfonamides is 1. The van der Waals surface area contributed by atoms with Gasteiger partial charge in [-0.2, -0.15) is 5.10 Å². The van der Waals surface area contributed by atoms with E-state index in [0.717, 1.165) is 5.56 Å². The van der Waals surface area contributed by atoms with E-state index in [9.17, 15) is 23.1 Å². The number of benzene rings is 2. The first kappa shape index (κ1) is 25.4. The number of nitrogens with zero attached hydrogens (tertiary/aromatic N) is 2. The molecule has 1 aliphatic heterocycles. The summed E-state index contributed by atoms with van der Waals surface area (Å²) in [5, 5.41) is 16.5. The summed E-state index contributed by atoms with van der Waals surface area (Å²) in [5.41, 5.74) is 2.55. The average Bonchev–Trinajstić information content (AvgIpc) is 3.13. The zero-order valence-corrected chi connectivity index (χ0v) is 20.9. The van der Waals surface area contributed by atoms with Gasteiger partial charge in [-0.05, 0) is 37.5 Å². The maximum absolute atomic E-state index is 12.8. The minimum Gasteiger partial charge on any atom is -0.477 e. The number of carboxylic acid groups (broad SMARTS) is 1. The average molecular weight is 505 g/mol. The third kappa shape index (κ3) is 5.65. The fraction of sp³-hybridized carbons (Fsp3) is 0.304. The Kier molecular flexibility index (Phi) is 8.11. The molecule has 0 bridgehead atoms. The molecule has 2 amide bonds. The van der Waals surface area contributed by atoms with Crippen LogP contribution in [0, 0.1) is 0 Å². The molecule has 0 fully saturated rings. The van der Waals surface area contributed by atoms with Crippen LogP contribution in [0.3, 0.4) is 0 Å². The van der Waals surface area contributed by atoms with E-state index >= 15 is 0 Å². The van der Waals surface area contributed by atoms with Crippen molar-refractivity contribution < 1.29 is 23.1 Å². The largest absolute Gasteiger partial charge is 0.477 e. The Morgan fingerprint density at radius 2 is 1.76 bits per heavy atom. The lowest BCUT2D eigenvalue weighted by atomic mass is 10.0. The highest BCUT2D eigenvalue weighted by atomic mass is 32.2. The predicted octanol–water partition coefficient (Wildman–Crippen LogP) is 3.40. The molecule has 0 saturated carbocycles. The van der Waals surface area contributed by atoms with Crippen LogP contribution in [0.4, 0.5) is 4.79 Å². The Morgan fingerprint density at radius 3 is 2.38 bits per heavy atom. The van der Waals surface area contributed by atoms with E-state index in [-0.39, 0.29) is 4.90 Å². The topological polar surface area (TPSA) is 128 Å². The van der Waals surface area contributed by atoms with Crippen molar-refractivity contribution in [3.63, 3.8) is 0 Å². The Bertz CT molecular complexity index is 1250. The molecule has 3 N–H and O–H groups in total. The molecule has 0 aromatic heterocycles. The second kappa shape index (κ2) is 10.8. The highest BCUT2D eigenvalue weighted by Gasteiger charge is 2.27. The van der Waals surface area contributed by atoms with Crippen molar-refractivity contribution in [3.8, 4) is 11.1 Å². The first-order valence-electron chi connectivity index (χ1n) is 10.8. The Balaban J connectivity index is 1.88. The van der Waals surface area contributed by atoms with Gasteiger partial charge in [-0.15, -0.1) is 0 Å². The number of rotatable bonds is 9. The van der Waals surface area contributed by atoms with E-state index in [1.54, 1.807) is 41.7 Å². The first-order chi connectivity index (χ1) is 16.2. The number of amides is 2. The van der Waals surface area contributed by atoms with Crippen LogP contribution in [0.5, 0.6) is 0 Å². The predicted molar refractivity (Wildman–Crippen MR) is 135 cm³/mol.